The highest BCUT2D eigenvalue weighted by Gasteiger charge is 2.32. The molecule has 0 radical (unpaired) electrons. The van der Waals surface area contributed by atoms with Crippen LogP contribution in [0, 0.1) is 11.3 Å². The summed E-state index contributed by atoms with van der Waals surface area (Å²) >= 11 is 18.3. The molecule has 0 aliphatic carbocycles. The number of nitrogens with one attached hydrogen (secondary N) is 1. The Morgan fingerprint density at radius 1 is 1.18 bits per heavy atom. The molecule has 1 N–H and O–H groups in total. The van der Waals surface area contributed by atoms with Crippen molar-refractivity contribution in [1.82, 2.24) is 19.7 Å². The van der Waals surface area contributed by atoms with E-state index >= 15 is 0 Å². The van der Waals surface area contributed by atoms with E-state index in [1.807, 2.05) is 6.07 Å². The van der Waals surface area contributed by atoms with Gasteiger partial charge in [-0.2, -0.15) is 18.4 Å². The summed E-state index contributed by atoms with van der Waals surface area (Å²) in [4.78, 5) is 12.1. The molecule has 12 heteroatoms. The van der Waals surface area contributed by atoms with Gasteiger partial charge in [-0.1, -0.05) is 34.8 Å². The van der Waals surface area contributed by atoms with Crippen molar-refractivity contribution >= 4 is 34.8 Å². The summed E-state index contributed by atoms with van der Waals surface area (Å²) in [5, 5.41) is 11.2. The number of aromatic amines is 1. The lowest BCUT2D eigenvalue weighted by molar-refractivity contribution is -0.137. The molecule has 0 saturated carbocycles. The number of nitrogens with zero attached hydrogens (tertiary/aromatic N) is 5. The number of halogens is 6. The Bertz CT molecular complexity index is 1090. The molecule has 2 aromatic heterocycles. The highest BCUT2D eigenvalue weighted by atomic mass is 35.5. The molecule has 0 aliphatic heterocycles. The van der Waals surface area contributed by atoms with Gasteiger partial charge in [0.15, 0.2) is 11.0 Å². The van der Waals surface area contributed by atoms with Crippen LogP contribution in [0.1, 0.15) is 22.5 Å². The molecule has 144 valence electrons. The first-order valence-electron chi connectivity index (χ1n) is 7.43. The van der Waals surface area contributed by atoms with Gasteiger partial charge in [0.25, 0.3) is 0 Å². The topological polar surface area (TPSA) is 82.7 Å². The second-order valence-corrected chi connectivity index (χ2v) is 6.58. The second kappa shape index (κ2) is 7.83. The zero-order valence-electron chi connectivity index (χ0n) is 13.5. The number of hydrogen-bond acceptors (Lipinski definition) is 4. The van der Waals surface area contributed by atoms with Gasteiger partial charge < -0.3 is 0 Å². The maximum Gasteiger partial charge on any atom is 0.416 e. The van der Waals surface area contributed by atoms with Gasteiger partial charge in [0.2, 0.25) is 0 Å². The first-order chi connectivity index (χ1) is 13.2. The SMILES string of the molecule is N#Cc1cc(=NC(Cl)c2cnccn2)n(-c2c(Cl)cc(C(F)(F)F)cc2Cl)[nH]1. The zero-order valence-corrected chi connectivity index (χ0v) is 15.8. The van der Waals surface area contributed by atoms with Gasteiger partial charge in [-0.15, -0.1) is 0 Å². The van der Waals surface area contributed by atoms with E-state index in [-0.39, 0.29) is 26.9 Å². The Balaban J connectivity index is 2.18. The Hall–Kier alpha value is -2.54. The maximum atomic E-state index is 13.0. The van der Waals surface area contributed by atoms with E-state index in [4.69, 9.17) is 40.1 Å². The average molecular weight is 448 g/mol. The number of rotatable bonds is 3. The third kappa shape index (κ3) is 4.14. The van der Waals surface area contributed by atoms with Crippen molar-refractivity contribution in [2.24, 2.45) is 4.99 Å². The summed E-state index contributed by atoms with van der Waals surface area (Å²) in [5.41, 5.74) is -1.50. The highest BCUT2D eigenvalue weighted by Crippen LogP contribution is 2.37. The van der Waals surface area contributed by atoms with Gasteiger partial charge in [-0.05, 0) is 12.1 Å². The van der Waals surface area contributed by atoms with Gasteiger partial charge in [-0.3, -0.25) is 15.1 Å². The van der Waals surface area contributed by atoms with Crippen molar-refractivity contribution in [2.75, 3.05) is 0 Å². The lowest BCUT2D eigenvalue weighted by Crippen LogP contribution is -2.18. The smallest absolute Gasteiger partial charge is 0.282 e. The number of alkyl halides is 4. The van der Waals surface area contributed by atoms with E-state index in [0.29, 0.717) is 5.69 Å². The van der Waals surface area contributed by atoms with Crippen molar-refractivity contribution in [2.45, 2.75) is 11.7 Å². The molecule has 3 rings (SSSR count). The molecular formula is C16H8Cl3F3N6. The van der Waals surface area contributed by atoms with Crippen LogP contribution in [0.15, 0.2) is 41.8 Å². The van der Waals surface area contributed by atoms with Crippen molar-refractivity contribution in [3.8, 4) is 11.8 Å². The number of hydrogen-bond donors (Lipinski definition) is 1. The number of aromatic nitrogens is 4. The summed E-state index contributed by atoms with van der Waals surface area (Å²) in [6, 6.07) is 4.67. The Morgan fingerprint density at radius 2 is 1.86 bits per heavy atom. The summed E-state index contributed by atoms with van der Waals surface area (Å²) in [5.74, 6) is 0. The van der Waals surface area contributed by atoms with E-state index in [1.165, 1.54) is 29.3 Å². The molecule has 0 amide bonds. The van der Waals surface area contributed by atoms with E-state index < -0.39 is 17.2 Å². The highest BCUT2D eigenvalue weighted by molar-refractivity contribution is 6.37. The first kappa shape index (κ1) is 20.2. The van der Waals surface area contributed by atoms with Gasteiger partial charge in [-0.25, -0.2) is 9.67 Å². The van der Waals surface area contributed by atoms with Crippen LogP contribution >= 0.6 is 34.8 Å². The van der Waals surface area contributed by atoms with Crippen LogP contribution in [0.4, 0.5) is 13.2 Å². The normalized spacial score (nSPS) is 13.4. The molecular weight excluding hydrogens is 440 g/mol. The van der Waals surface area contributed by atoms with Gasteiger partial charge in [0.05, 0.1) is 27.5 Å². The minimum Gasteiger partial charge on any atom is -0.282 e. The molecule has 6 nitrogen and oxygen atoms in total. The molecule has 1 aromatic carbocycles. The molecule has 0 aliphatic rings. The third-order valence-electron chi connectivity index (χ3n) is 3.50. The Kier molecular flexibility index (Phi) is 5.65. The Labute approximate surface area is 170 Å². The van der Waals surface area contributed by atoms with Crippen LogP contribution in [0.25, 0.3) is 5.69 Å². The standard InChI is InChI=1S/C16H8Cl3F3N6/c17-10-3-8(16(20,21)22)4-11(18)14(10)28-13(5-9(6-23)27-28)26-15(19)12-7-24-1-2-25-12/h1-5,7,15,27H. The van der Waals surface area contributed by atoms with Crippen LogP contribution < -0.4 is 5.49 Å². The van der Waals surface area contributed by atoms with Crippen LogP contribution in [0.2, 0.25) is 10.0 Å². The van der Waals surface area contributed by atoms with E-state index in [1.54, 1.807) is 0 Å². The molecule has 2 heterocycles. The quantitative estimate of drug-likeness (QED) is 0.469. The molecule has 0 spiro atoms. The van der Waals surface area contributed by atoms with Gasteiger partial charge >= 0.3 is 6.18 Å². The van der Waals surface area contributed by atoms with E-state index in [0.717, 1.165) is 12.1 Å². The van der Waals surface area contributed by atoms with E-state index in [9.17, 15) is 13.2 Å². The molecule has 3 aromatic rings. The van der Waals surface area contributed by atoms with Crippen LogP contribution in [-0.2, 0) is 6.18 Å². The second-order valence-electron chi connectivity index (χ2n) is 5.36. The molecule has 1 unspecified atom stereocenters. The molecule has 0 fully saturated rings. The average Bonchev–Trinajstić information content (AvgIpc) is 3.03. The predicted octanol–water partition coefficient (Wildman–Crippen LogP) is 4.63. The third-order valence-corrected chi connectivity index (χ3v) is 4.39. The van der Waals surface area contributed by atoms with Crippen molar-refractivity contribution in [1.29, 1.82) is 5.26 Å². The lowest BCUT2D eigenvalue weighted by Gasteiger charge is -2.13. The van der Waals surface area contributed by atoms with Crippen molar-refractivity contribution in [3.63, 3.8) is 0 Å². The maximum absolute atomic E-state index is 13.0. The van der Waals surface area contributed by atoms with Crippen LogP contribution in [0.3, 0.4) is 0 Å². The Morgan fingerprint density at radius 3 is 2.39 bits per heavy atom. The van der Waals surface area contributed by atoms with Crippen molar-refractivity contribution in [3.05, 3.63) is 69.3 Å². The van der Waals surface area contributed by atoms with E-state index in [2.05, 4.69) is 20.1 Å². The van der Waals surface area contributed by atoms with Gasteiger partial charge in [0.1, 0.15) is 17.5 Å². The molecule has 0 saturated heterocycles. The largest absolute Gasteiger partial charge is 0.416 e. The minimum absolute atomic E-state index is 0.0143. The summed E-state index contributed by atoms with van der Waals surface area (Å²) in [7, 11) is 0. The minimum atomic E-state index is -4.62. The van der Waals surface area contributed by atoms with Crippen molar-refractivity contribution < 1.29 is 13.2 Å². The number of H-pyrrole nitrogens is 1. The summed E-state index contributed by atoms with van der Waals surface area (Å²) in [6.45, 7) is 0. The summed E-state index contributed by atoms with van der Waals surface area (Å²) in [6.07, 6.45) is -0.333. The predicted molar refractivity (Wildman–Crippen MR) is 96.0 cm³/mol. The monoisotopic (exact) mass is 446 g/mol. The molecule has 28 heavy (non-hydrogen) atoms. The zero-order chi connectivity index (χ0) is 20.5. The molecule has 0 bridgehead atoms. The first-order valence-corrected chi connectivity index (χ1v) is 8.62. The fraction of sp³-hybridized carbons (Fsp3) is 0.125. The molecule has 1 atom stereocenters. The lowest BCUT2D eigenvalue weighted by atomic mass is 10.2. The number of benzene rings is 1. The number of nitriles is 1. The fourth-order valence-electron chi connectivity index (χ4n) is 2.29. The van der Waals surface area contributed by atoms with Crippen LogP contribution in [-0.4, -0.2) is 19.7 Å². The summed E-state index contributed by atoms with van der Waals surface area (Å²) < 4.78 is 40.0. The van der Waals surface area contributed by atoms with Crippen LogP contribution in [0.5, 0.6) is 0 Å². The fourth-order valence-corrected chi connectivity index (χ4v) is 3.15. The van der Waals surface area contributed by atoms with Gasteiger partial charge in [0, 0.05) is 18.5 Å².